The number of aromatic nitrogens is 3. The maximum Gasteiger partial charge on any atom is 0.333 e. The molecule has 0 saturated heterocycles. The van der Waals surface area contributed by atoms with Gasteiger partial charge >= 0.3 is 6.03 Å². The number of nitrogens with one attached hydrogen (secondary N) is 2. The van der Waals surface area contributed by atoms with E-state index in [4.69, 9.17) is 9.72 Å². The van der Waals surface area contributed by atoms with Crippen molar-refractivity contribution in [3.05, 3.63) is 28.7 Å². The molecule has 172 valence electrons. The van der Waals surface area contributed by atoms with Gasteiger partial charge in [0.1, 0.15) is 0 Å². The Hall–Kier alpha value is -2.62. The Morgan fingerprint density at radius 1 is 1.28 bits per heavy atom. The molecular formula is C22H29N5O4S. The Labute approximate surface area is 188 Å². The summed E-state index contributed by atoms with van der Waals surface area (Å²) in [5.74, 6) is 0.469. The molecule has 0 aromatic carbocycles. The molecule has 2 aromatic rings. The molecule has 32 heavy (non-hydrogen) atoms. The molecule has 2 amide bonds. The van der Waals surface area contributed by atoms with E-state index < -0.39 is 16.1 Å². The fraction of sp³-hybridized carbons (Fsp3) is 0.591. The SMILES string of the molecule is CCC1COc2c(S(=O)(=O)NC(=O)Nc3c4c(nc5c3CCC5(C)C)CCC4)cnn2C1. The predicted octanol–water partition coefficient (Wildman–Crippen LogP) is 2.92. The van der Waals surface area contributed by atoms with Gasteiger partial charge in [0.25, 0.3) is 10.0 Å². The van der Waals surface area contributed by atoms with E-state index in [-0.39, 0.29) is 22.1 Å². The van der Waals surface area contributed by atoms with Crippen LogP contribution in [0.1, 0.15) is 62.5 Å². The first kappa shape index (κ1) is 21.2. The lowest BCUT2D eigenvalue weighted by Gasteiger charge is -2.23. The van der Waals surface area contributed by atoms with Crippen molar-refractivity contribution in [1.29, 1.82) is 0 Å². The Morgan fingerprint density at radius 2 is 2.09 bits per heavy atom. The average molecular weight is 460 g/mol. The van der Waals surface area contributed by atoms with Gasteiger partial charge in [-0.05, 0) is 49.7 Å². The molecule has 3 aliphatic rings. The number of urea groups is 1. The molecule has 2 N–H and O–H groups in total. The molecule has 3 heterocycles. The average Bonchev–Trinajstić information content (AvgIpc) is 3.44. The van der Waals surface area contributed by atoms with E-state index in [0.717, 1.165) is 66.7 Å². The number of rotatable bonds is 4. The van der Waals surface area contributed by atoms with Crippen LogP contribution < -0.4 is 14.8 Å². The van der Waals surface area contributed by atoms with Crippen molar-refractivity contribution in [2.45, 2.75) is 76.2 Å². The molecule has 1 unspecified atom stereocenters. The highest BCUT2D eigenvalue weighted by Crippen LogP contribution is 2.44. The summed E-state index contributed by atoms with van der Waals surface area (Å²) in [5, 5.41) is 7.01. The molecule has 0 saturated carbocycles. The van der Waals surface area contributed by atoms with Crippen LogP contribution in [0.4, 0.5) is 10.5 Å². The van der Waals surface area contributed by atoms with Gasteiger partial charge in [-0.3, -0.25) is 4.98 Å². The number of carbonyl (C=O) groups excluding carboxylic acids is 1. The third kappa shape index (κ3) is 3.44. The maximum atomic E-state index is 13.0. The number of ether oxygens (including phenoxy) is 1. The van der Waals surface area contributed by atoms with Crippen LogP contribution in [0.25, 0.3) is 0 Å². The zero-order valence-corrected chi connectivity index (χ0v) is 19.5. The first-order valence-electron chi connectivity index (χ1n) is 11.3. The summed E-state index contributed by atoms with van der Waals surface area (Å²) in [6.07, 6.45) is 6.62. The zero-order valence-electron chi connectivity index (χ0n) is 18.7. The molecule has 2 aromatic heterocycles. The number of carbonyl (C=O) groups is 1. The topological polar surface area (TPSA) is 115 Å². The van der Waals surface area contributed by atoms with Gasteiger partial charge in [-0.25, -0.2) is 22.6 Å². The monoisotopic (exact) mass is 459 g/mol. The van der Waals surface area contributed by atoms with Crippen molar-refractivity contribution in [2.24, 2.45) is 5.92 Å². The largest absolute Gasteiger partial charge is 0.476 e. The second kappa shape index (κ2) is 7.47. The highest BCUT2D eigenvalue weighted by atomic mass is 32.2. The minimum atomic E-state index is -4.14. The molecule has 0 bridgehead atoms. The lowest BCUT2D eigenvalue weighted by atomic mass is 9.90. The highest BCUT2D eigenvalue weighted by Gasteiger charge is 2.37. The van der Waals surface area contributed by atoms with Gasteiger partial charge in [0.2, 0.25) is 5.88 Å². The molecule has 1 atom stereocenters. The van der Waals surface area contributed by atoms with Crippen LogP contribution in [-0.4, -0.2) is 35.8 Å². The first-order chi connectivity index (χ1) is 15.2. The van der Waals surface area contributed by atoms with Gasteiger partial charge in [-0.2, -0.15) is 5.10 Å². The van der Waals surface area contributed by atoms with Crippen LogP contribution in [-0.2, 0) is 41.2 Å². The van der Waals surface area contributed by atoms with E-state index in [1.807, 2.05) is 0 Å². The molecule has 5 rings (SSSR count). The standard InChI is InChI=1S/C22H29N5O4S/c1-4-13-11-27-20(31-12-13)17(10-23-27)32(29,30)26-21(28)25-18-14-6-5-7-16(14)24-19-15(18)8-9-22(19,2)3/h10,13H,4-9,11-12H2,1-3H3,(H2,24,25,26,28). The fourth-order valence-corrected chi connectivity index (χ4v) is 5.99. The molecule has 0 radical (unpaired) electrons. The summed E-state index contributed by atoms with van der Waals surface area (Å²) in [6, 6.07) is -0.778. The van der Waals surface area contributed by atoms with E-state index in [0.29, 0.717) is 13.2 Å². The second-order valence-electron chi connectivity index (χ2n) is 9.62. The van der Waals surface area contributed by atoms with E-state index >= 15 is 0 Å². The number of hydrogen-bond donors (Lipinski definition) is 2. The molecular weight excluding hydrogens is 430 g/mol. The summed E-state index contributed by atoms with van der Waals surface area (Å²) in [5.41, 5.74) is 4.77. The van der Waals surface area contributed by atoms with Gasteiger partial charge in [0.15, 0.2) is 4.90 Å². The number of hydrogen-bond acceptors (Lipinski definition) is 6. The summed E-state index contributed by atoms with van der Waals surface area (Å²) in [4.78, 5) is 17.7. The van der Waals surface area contributed by atoms with Crippen LogP contribution >= 0.6 is 0 Å². The first-order valence-corrected chi connectivity index (χ1v) is 12.8. The van der Waals surface area contributed by atoms with Crippen molar-refractivity contribution in [1.82, 2.24) is 19.5 Å². The van der Waals surface area contributed by atoms with Crippen LogP contribution in [0.15, 0.2) is 11.1 Å². The normalized spacial score (nSPS) is 20.8. The Balaban J connectivity index is 1.40. The van der Waals surface area contributed by atoms with Gasteiger partial charge in [0.05, 0.1) is 30.7 Å². The number of amides is 2. The fourth-order valence-electron chi connectivity index (χ4n) is 5.01. The molecule has 1 aliphatic heterocycles. The Bertz CT molecular complexity index is 1200. The van der Waals surface area contributed by atoms with Crippen molar-refractivity contribution >= 4 is 21.7 Å². The number of aryl methyl sites for hydroxylation is 1. The third-order valence-corrected chi connectivity index (χ3v) is 8.26. The summed E-state index contributed by atoms with van der Waals surface area (Å²) in [6.45, 7) is 7.40. The van der Waals surface area contributed by atoms with Gasteiger partial charge in [0, 0.05) is 17.0 Å². The number of fused-ring (bicyclic) bond motifs is 3. The van der Waals surface area contributed by atoms with Crippen molar-refractivity contribution < 1.29 is 17.9 Å². The molecule has 2 aliphatic carbocycles. The minimum Gasteiger partial charge on any atom is -0.476 e. The van der Waals surface area contributed by atoms with Gasteiger partial charge in [-0.1, -0.05) is 20.8 Å². The molecule has 10 heteroatoms. The smallest absolute Gasteiger partial charge is 0.333 e. The summed E-state index contributed by atoms with van der Waals surface area (Å²) < 4.78 is 35.3. The lowest BCUT2D eigenvalue weighted by molar-refractivity contribution is 0.157. The Morgan fingerprint density at radius 3 is 2.88 bits per heavy atom. The summed E-state index contributed by atoms with van der Waals surface area (Å²) >= 11 is 0. The van der Waals surface area contributed by atoms with Crippen molar-refractivity contribution in [2.75, 3.05) is 11.9 Å². The zero-order chi connectivity index (χ0) is 22.7. The Kier molecular flexibility index (Phi) is 4.96. The number of nitrogens with zero attached hydrogens (tertiary/aromatic N) is 3. The summed E-state index contributed by atoms with van der Waals surface area (Å²) in [7, 11) is -4.14. The van der Waals surface area contributed by atoms with Crippen LogP contribution in [0.3, 0.4) is 0 Å². The van der Waals surface area contributed by atoms with E-state index in [9.17, 15) is 13.2 Å². The highest BCUT2D eigenvalue weighted by molar-refractivity contribution is 7.90. The number of anilines is 1. The lowest BCUT2D eigenvalue weighted by Crippen LogP contribution is -2.35. The second-order valence-corrected chi connectivity index (χ2v) is 11.3. The van der Waals surface area contributed by atoms with Crippen LogP contribution in [0.2, 0.25) is 0 Å². The van der Waals surface area contributed by atoms with Crippen LogP contribution in [0, 0.1) is 5.92 Å². The van der Waals surface area contributed by atoms with E-state index in [2.05, 4.69) is 35.9 Å². The van der Waals surface area contributed by atoms with Crippen molar-refractivity contribution in [3.63, 3.8) is 0 Å². The quantitative estimate of drug-likeness (QED) is 0.726. The van der Waals surface area contributed by atoms with Crippen molar-refractivity contribution in [3.8, 4) is 5.88 Å². The third-order valence-electron chi connectivity index (χ3n) is 6.94. The van der Waals surface area contributed by atoms with Gasteiger partial charge in [-0.15, -0.1) is 0 Å². The predicted molar refractivity (Wildman–Crippen MR) is 118 cm³/mol. The maximum absolute atomic E-state index is 13.0. The minimum absolute atomic E-state index is 0.0587. The number of sulfonamides is 1. The number of pyridine rings is 1. The molecule has 9 nitrogen and oxygen atoms in total. The van der Waals surface area contributed by atoms with Crippen LogP contribution in [0.5, 0.6) is 5.88 Å². The molecule has 0 spiro atoms. The van der Waals surface area contributed by atoms with Gasteiger partial charge < -0.3 is 10.1 Å². The van der Waals surface area contributed by atoms with E-state index in [1.165, 1.54) is 6.20 Å². The van der Waals surface area contributed by atoms with E-state index in [1.54, 1.807) is 4.68 Å². The molecule has 0 fully saturated rings.